The molecular formula is C58H109NO9. The van der Waals surface area contributed by atoms with Crippen LogP contribution < -0.4 is 5.32 Å². The molecule has 1 saturated heterocycles. The smallest absolute Gasteiger partial charge is 0.249 e. The average Bonchev–Trinajstić information content (AvgIpc) is 3.34. The zero-order valence-corrected chi connectivity index (χ0v) is 44.0. The minimum absolute atomic E-state index is 0.304. The largest absolute Gasteiger partial charge is 0.394 e. The molecule has 10 nitrogen and oxygen atoms in total. The van der Waals surface area contributed by atoms with Gasteiger partial charge in [0.15, 0.2) is 6.29 Å². The molecular weight excluding hydrogens is 855 g/mol. The fourth-order valence-corrected chi connectivity index (χ4v) is 9.12. The highest BCUT2D eigenvalue weighted by atomic mass is 16.7. The van der Waals surface area contributed by atoms with Crippen molar-refractivity contribution in [3.63, 3.8) is 0 Å². The minimum Gasteiger partial charge on any atom is -0.394 e. The number of hydrogen-bond donors (Lipinski definition) is 7. The predicted octanol–water partition coefficient (Wildman–Crippen LogP) is 12.9. The first kappa shape index (κ1) is 64.4. The fourth-order valence-electron chi connectivity index (χ4n) is 9.12. The number of hydrogen-bond acceptors (Lipinski definition) is 9. The molecule has 1 rings (SSSR count). The van der Waals surface area contributed by atoms with Crippen LogP contribution in [0.3, 0.4) is 0 Å². The molecule has 1 aliphatic heterocycles. The van der Waals surface area contributed by atoms with Gasteiger partial charge in [0.25, 0.3) is 0 Å². The molecule has 8 atom stereocenters. The van der Waals surface area contributed by atoms with Gasteiger partial charge in [0.05, 0.1) is 25.4 Å². The number of aliphatic hydroxyl groups is 6. The van der Waals surface area contributed by atoms with E-state index < -0.39 is 61.5 Å². The van der Waals surface area contributed by atoms with Crippen LogP contribution in [0.15, 0.2) is 36.5 Å². The molecule has 0 aliphatic carbocycles. The van der Waals surface area contributed by atoms with E-state index >= 15 is 0 Å². The Kier molecular flexibility index (Phi) is 45.1. The molecule has 68 heavy (non-hydrogen) atoms. The molecule has 1 fully saturated rings. The summed E-state index contributed by atoms with van der Waals surface area (Å²) >= 11 is 0. The number of amides is 1. The van der Waals surface area contributed by atoms with Gasteiger partial charge >= 0.3 is 0 Å². The second-order valence-corrected chi connectivity index (χ2v) is 20.2. The molecule has 400 valence electrons. The Bertz CT molecular complexity index is 1180. The van der Waals surface area contributed by atoms with Gasteiger partial charge in [-0.3, -0.25) is 4.79 Å². The molecule has 8 unspecified atom stereocenters. The van der Waals surface area contributed by atoms with Crippen LogP contribution >= 0.6 is 0 Å². The standard InChI is InChI=1S/C58H109NO9/c1-3-5-7-9-11-13-15-17-19-20-21-22-23-24-25-26-27-28-29-30-31-33-35-37-39-41-43-45-47-52(62)57(66)59-50(49-67-58-56(65)55(64)54(63)53(48-60)68-58)51(61)46-44-42-40-38-36-34-32-18-16-14-12-10-8-6-4-2/h24-25,36,38,44,46,50-56,58,60-65H,3-23,26-35,37,39-43,45,47-49H2,1-2H3,(H,59,66)/b25-24-,38-36+,46-44+. The molecule has 7 N–H and O–H groups in total. The van der Waals surface area contributed by atoms with E-state index in [2.05, 4.69) is 43.5 Å². The summed E-state index contributed by atoms with van der Waals surface area (Å²) in [6, 6.07) is -0.997. The van der Waals surface area contributed by atoms with Crippen molar-refractivity contribution in [3.8, 4) is 0 Å². The van der Waals surface area contributed by atoms with Crippen molar-refractivity contribution in [3.05, 3.63) is 36.5 Å². The summed E-state index contributed by atoms with van der Waals surface area (Å²) in [6.45, 7) is 3.61. The van der Waals surface area contributed by atoms with Crippen molar-refractivity contribution in [2.75, 3.05) is 13.2 Å². The molecule has 0 bridgehead atoms. The molecule has 1 heterocycles. The lowest BCUT2D eigenvalue weighted by molar-refractivity contribution is -0.302. The van der Waals surface area contributed by atoms with Crippen LogP contribution in [0.25, 0.3) is 0 Å². The molecule has 0 aromatic heterocycles. The topological polar surface area (TPSA) is 169 Å². The highest BCUT2D eigenvalue weighted by molar-refractivity contribution is 5.80. The highest BCUT2D eigenvalue weighted by Gasteiger charge is 2.44. The Morgan fingerprint density at radius 2 is 0.868 bits per heavy atom. The van der Waals surface area contributed by atoms with E-state index in [-0.39, 0.29) is 6.61 Å². The number of unbranched alkanes of at least 4 members (excludes halogenated alkanes) is 34. The van der Waals surface area contributed by atoms with Gasteiger partial charge < -0.3 is 45.4 Å². The van der Waals surface area contributed by atoms with Gasteiger partial charge in [-0.1, -0.05) is 243 Å². The first-order valence-corrected chi connectivity index (χ1v) is 28.8. The van der Waals surface area contributed by atoms with Gasteiger partial charge in [0.1, 0.15) is 30.5 Å². The maximum Gasteiger partial charge on any atom is 0.249 e. The summed E-state index contributed by atoms with van der Waals surface area (Å²) in [5, 5.41) is 64.9. The average molecular weight is 965 g/mol. The molecule has 0 radical (unpaired) electrons. The van der Waals surface area contributed by atoms with E-state index in [0.717, 1.165) is 32.1 Å². The zero-order chi connectivity index (χ0) is 49.6. The third-order valence-corrected chi connectivity index (χ3v) is 13.8. The third-order valence-electron chi connectivity index (χ3n) is 13.8. The van der Waals surface area contributed by atoms with Crippen LogP contribution in [0.4, 0.5) is 0 Å². The number of nitrogens with one attached hydrogen (secondary N) is 1. The Balaban J connectivity index is 2.23. The summed E-state index contributed by atoms with van der Waals surface area (Å²) in [5.41, 5.74) is 0. The van der Waals surface area contributed by atoms with E-state index in [1.54, 1.807) is 6.08 Å². The Labute approximate surface area is 417 Å². The van der Waals surface area contributed by atoms with E-state index in [0.29, 0.717) is 19.3 Å². The van der Waals surface area contributed by atoms with Crippen LogP contribution in [0.5, 0.6) is 0 Å². The van der Waals surface area contributed by atoms with Crippen LogP contribution in [-0.2, 0) is 14.3 Å². The van der Waals surface area contributed by atoms with Gasteiger partial charge in [-0.05, 0) is 57.8 Å². The Hall–Kier alpha value is -1.63. The highest BCUT2D eigenvalue weighted by Crippen LogP contribution is 2.23. The van der Waals surface area contributed by atoms with E-state index in [1.165, 1.54) is 199 Å². The summed E-state index contributed by atoms with van der Waals surface area (Å²) in [5.74, 6) is -0.624. The predicted molar refractivity (Wildman–Crippen MR) is 282 cm³/mol. The van der Waals surface area contributed by atoms with Crippen molar-refractivity contribution in [2.24, 2.45) is 0 Å². The van der Waals surface area contributed by atoms with Gasteiger partial charge in [0.2, 0.25) is 5.91 Å². The minimum atomic E-state index is -1.62. The fraction of sp³-hybridized carbons (Fsp3) is 0.879. The number of carbonyl (C=O) groups excluding carboxylic acids is 1. The molecule has 1 aliphatic rings. The second-order valence-electron chi connectivity index (χ2n) is 20.2. The zero-order valence-electron chi connectivity index (χ0n) is 44.0. The Morgan fingerprint density at radius 3 is 1.28 bits per heavy atom. The maximum atomic E-state index is 13.1. The van der Waals surface area contributed by atoms with Gasteiger partial charge in [-0.15, -0.1) is 0 Å². The van der Waals surface area contributed by atoms with E-state index in [1.807, 2.05) is 6.08 Å². The molecule has 10 heteroatoms. The number of ether oxygens (including phenoxy) is 2. The normalized spacial score (nSPS) is 20.3. The molecule has 0 spiro atoms. The first-order chi connectivity index (χ1) is 33.3. The quantitative estimate of drug-likeness (QED) is 0.0232. The number of aliphatic hydroxyl groups excluding tert-OH is 6. The molecule has 1 amide bonds. The van der Waals surface area contributed by atoms with Crippen LogP contribution in [0, 0.1) is 0 Å². The lowest BCUT2D eigenvalue weighted by Gasteiger charge is -2.40. The van der Waals surface area contributed by atoms with Crippen molar-refractivity contribution < 1.29 is 44.9 Å². The van der Waals surface area contributed by atoms with E-state index in [4.69, 9.17) is 9.47 Å². The second kappa shape index (κ2) is 47.7. The van der Waals surface area contributed by atoms with Crippen molar-refractivity contribution >= 4 is 5.91 Å². The molecule has 0 aromatic rings. The third kappa shape index (κ3) is 36.3. The van der Waals surface area contributed by atoms with E-state index in [9.17, 15) is 35.4 Å². The van der Waals surface area contributed by atoms with Gasteiger partial charge in [-0.2, -0.15) is 0 Å². The monoisotopic (exact) mass is 964 g/mol. The van der Waals surface area contributed by atoms with Crippen molar-refractivity contribution in [2.45, 2.75) is 313 Å². The number of rotatable bonds is 49. The summed E-state index contributed by atoms with van der Waals surface area (Å²) in [7, 11) is 0. The maximum absolute atomic E-state index is 13.1. The van der Waals surface area contributed by atoms with Crippen LogP contribution in [-0.4, -0.2) is 98.7 Å². The van der Waals surface area contributed by atoms with Crippen molar-refractivity contribution in [1.29, 1.82) is 0 Å². The summed E-state index contributed by atoms with van der Waals surface area (Å²) in [4.78, 5) is 13.1. The summed E-state index contributed by atoms with van der Waals surface area (Å²) < 4.78 is 11.2. The summed E-state index contributed by atoms with van der Waals surface area (Å²) in [6.07, 6.45) is 51.1. The molecule has 0 saturated carbocycles. The lowest BCUT2D eigenvalue weighted by atomic mass is 9.99. The van der Waals surface area contributed by atoms with Gasteiger partial charge in [-0.25, -0.2) is 0 Å². The van der Waals surface area contributed by atoms with Gasteiger partial charge in [0, 0.05) is 0 Å². The Morgan fingerprint density at radius 1 is 0.500 bits per heavy atom. The number of allylic oxidation sites excluding steroid dienone is 5. The van der Waals surface area contributed by atoms with Crippen LogP contribution in [0.2, 0.25) is 0 Å². The number of carbonyl (C=O) groups is 1. The van der Waals surface area contributed by atoms with Crippen molar-refractivity contribution in [1.82, 2.24) is 5.32 Å². The molecule has 0 aromatic carbocycles. The lowest BCUT2D eigenvalue weighted by Crippen LogP contribution is -2.60. The SMILES string of the molecule is CCCCCCCCCCC/C=C/CC/C=C/C(O)C(COC1OC(CO)C(O)C(O)C1O)NC(=O)C(O)CCCCCCCCCCCCCC/C=C\CCCCCCCCCCCCCC. The van der Waals surface area contributed by atoms with Crippen LogP contribution in [0.1, 0.15) is 264 Å². The first-order valence-electron chi connectivity index (χ1n) is 28.8.